The number of β-amino-alcohol motifs (C(OH)–C–C–N with tert-alkyl or cyclic N) is 1. The van der Waals surface area contributed by atoms with Crippen LogP contribution in [0.15, 0.2) is 0 Å². The van der Waals surface area contributed by atoms with Gasteiger partial charge in [0.05, 0.1) is 12.6 Å². The number of methoxy groups -OCH3 is 1. The van der Waals surface area contributed by atoms with E-state index in [1.54, 1.807) is 7.11 Å². The van der Waals surface area contributed by atoms with Crippen molar-refractivity contribution in [3.63, 3.8) is 0 Å². The number of likely N-dealkylation sites (tertiary alicyclic amines) is 1. The number of hydrogen-bond donors (Lipinski definition) is 2. The van der Waals surface area contributed by atoms with Crippen molar-refractivity contribution in [2.24, 2.45) is 0 Å². The molecule has 0 unspecified atom stereocenters. The monoisotopic (exact) mass is 230 g/mol. The van der Waals surface area contributed by atoms with Crippen LogP contribution in [0.2, 0.25) is 0 Å². The van der Waals surface area contributed by atoms with Crippen LogP contribution in [0.5, 0.6) is 0 Å². The van der Waals surface area contributed by atoms with Crippen molar-refractivity contribution < 1.29 is 14.6 Å². The molecule has 94 valence electrons. The Morgan fingerprint density at radius 2 is 2.44 bits per heavy atom. The molecule has 1 heterocycles. The third kappa shape index (κ3) is 5.44. The molecule has 1 fully saturated rings. The number of carbonyl (C=O) groups excluding carboxylic acids is 1. The number of rotatable bonds is 6. The second-order valence-corrected chi connectivity index (χ2v) is 4.23. The molecule has 0 bridgehead atoms. The van der Waals surface area contributed by atoms with Gasteiger partial charge in [-0.1, -0.05) is 0 Å². The maximum atomic E-state index is 11.5. The molecule has 0 aliphatic carbocycles. The number of carbonyl (C=O) groups is 1. The molecule has 16 heavy (non-hydrogen) atoms. The standard InChI is InChI=1S/C11H22N2O3/c1-16-7-3-5-12-11(15)9-13-6-2-4-10(14)8-13/h10,14H,2-9H2,1H3,(H,12,15)/t10-/m1/s1. The Morgan fingerprint density at radius 1 is 1.62 bits per heavy atom. The van der Waals surface area contributed by atoms with E-state index in [2.05, 4.69) is 5.32 Å². The summed E-state index contributed by atoms with van der Waals surface area (Å²) in [6.07, 6.45) is 2.39. The fraction of sp³-hybridized carbons (Fsp3) is 0.909. The zero-order chi connectivity index (χ0) is 11.8. The van der Waals surface area contributed by atoms with E-state index in [-0.39, 0.29) is 12.0 Å². The van der Waals surface area contributed by atoms with Gasteiger partial charge in [0.2, 0.25) is 5.91 Å². The summed E-state index contributed by atoms with van der Waals surface area (Å²) in [6.45, 7) is 3.24. The van der Waals surface area contributed by atoms with E-state index in [4.69, 9.17) is 4.74 Å². The highest BCUT2D eigenvalue weighted by Crippen LogP contribution is 2.08. The fourth-order valence-electron chi connectivity index (χ4n) is 1.88. The number of piperidine rings is 1. The summed E-state index contributed by atoms with van der Waals surface area (Å²) in [6, 6.07) is 0. The lowest BCUT2D eigenvalue weighted by Gasteiger charge is -2.29. The molecular weight excluding hydrogens is 208 g/mol. The number of aliphatic hydroxyl groups is 1. The van der Waals surface area contributed by atoms with E-state index in [9.17, 15) is 9.90 Å². The van der Waals surface area contributed by atoms with Gasteiger partial charge in [-0.05, 0) is 25.8 Å². The predicted octanol–water partition coefficient (Wildman–Crippen LogP) is -0.404. The van der Waals surface area contributed by atoms with Crippen LogP contribution in [-0.2, 0) is 9.53 Å². The van der Waals surface area contributed by atoms with Gasteiger partial charge in [0.25, 0.3) is 0 Å². The average molecular weight is 230 g/mol. The van der Waals surface area contributed by atoms with Gasteiger partial charge in [-0.25, -0.2) is 0 Å². The van der Waals surface area contributed by atoms with Crippen LogP contribution in [-0.4, -0.2) is 61.9 Å². The first kappa shape index (κ1) is 13.4. The summed E-state index contributed by atoms with van der Waals surface area (Å²) < 4.78 is 4.89. The molecular formula is C11H22N2O3. The minimum Gasteiger partial charge on any atom is -0.392 e. The van der Waals surface area contributed by atoms with Gasteiger partial charge in [0, 0.05) is 26.8 Å². The third-order valence-electron chi connectivity index (χ3n) is 2.70. The molecule has 1 aliphatic heterocycles. The highest BCUT2D eigenvalue weighted by atomic mass is 16.5. The maximum Gasteiger partial charge on any atom is 0.234 e. The summed E-state index contributed by atoms with van der Waals surface area (Å²) >= 11 is 0. The van der Waals surface area contributed by atoms with Gasteiger partial charge >= 0.3 is 0 Å². The number of amides is 1. The summed E-state index contributed by atoms with van der Waals surface area (Å²) in [4.78, 5) is 13.5. The molecule has 0 aromatic rings. The van der Waals surface area contributed by atoms with Crippen LogP contribution >= 0.6 is 0 Å². The lowest BCUT2D eigenvalue weighted by Crippen LogP contribution is -2.44. The quantitative estimate of drug-likeness (QED) is 0.609. The van der Waals surface area contributed by atoms with Crippen LogP contribution in [0.4, 0.5) is 0 Å². The zero-order valence-electron chi connectivity index (χ0n) is 9.95. The van der Waals surface area contributed by atoms with Crippen LogP contribution in [0.25, 0.3) is 0 Å². The molecule has 1 saturated heterocycles. The molecule has 0 saturated carbocycles. The van der Waals surface area contributed by atoms with E-state index >= 15 is 0 Å². The van der Waals surface area contributed by atoms with Crippen molar-refractivity contribution in [3.8, 4) is 0 Å². The van der Waals surface area contributed by atoms with Gasteiger partial charge in [-0.3, -0.25) is 9.69 Å². The summed E-state index contributed by atoms with van der Waals surface area (Å²) in [5.41, 5.74) is 0. The van der Waals surface area contributed by atoms with Gasteiger partial charge < -0.3 is 15.2 Å². The molecule has 0 aromatic carbocycles. The first-order valence-corrected chi connectivity index (χ1v) is 5.88. The lowest BCUT2D eigenvalue weighted by molar-refractivity contribution is -0.122. The Morgan fingerprint density at radius 3 is 3.12 bits per heavy atom. The second kappa shape index (κ2) is 7.60. The summed E-state index contributed by atoms with van der Waals surface area (Å²) in [5.74, 6) is 0.0326. The molecule has 5 heteroatoms. The first-order valence-electron chi connectivity index (χ1n) is 5.88. The predicted molar refractivity (Wildman–Crippen MR) is 61.2 cm³/mol. The fourth-order valence-corrected chi connectivity index (χ4v) is 1.88. The Bertz CT molecular complexity index is 211. The van der Waals surface area contributed by atoms with Crippen molar-refractivity contribution in [3.05, 3.63) is 0 Å². The Kier molecular flexibility index (Phi) is 6.37. The Labute approximate surface area is 96.8 Å². The van der Waals surface area contributed by atoms with Crippen molar-refractivity contribution >= 4 is 5.91 Å². The van der Waals surface area contributed by atoms with Crippen LogP contribution in [0.1, 0.15) is 19.3 Å². The number of nitrogens with one attached hydrogen (secondary N) is 1. The van der Waals surface area contributed by atoms with E-state index < -0.39 is 0 Å². The number of nitrogens with zero attached hydrogens (tertiary/aromatic N) is 1. The minimum absolute atomic E-state index is 0.0326. The number of ether oxygens (including phenoxy) is 1. The normalized spacial score (nSPS) is 22.0. The SMILES string of the molecule is COCCCNC(=O)CN1CCC[C@@H](O)C1. The molecule has 0 radical (unpaired) electrons. The van der Waals surface area contributed by atoms with Crippen molar-refractivity contribution in [1.29, 1.82) is 0 Å². The third-order valence-corrected chi connectivity index (χ3v) is 2.70. The van der Waals surface area contributed by atoms with Crippen molar-refractivity contribution in [2.45, 2.75) is 25.4 Å². The van der Waals surface area contributed by atoms with Gasteiger partial charge in [-0.15, -0.1) is 0 Å². The zero-order valence-corrected chi connectivity index (χ0v) is 9.95. The second-order valence-electron chi connectivity index (χ2n) is 4.23. The Balaban J connectivity index is 2.08. The number of aliphatic hydroxyl groups excluding tert-OH is 1. The topological polar surface area (TPSA) is 61.8 Å². The number of hydrogen-bond acceptors (Lipinski definition) is 4. The molecule has 0 spiro atoms. The average Bonchev–Trinajstić information content (AvgIpc) is 2.24. The largest absolute Gasteiger partial charge is 0.392 e. The highest BCUT2D eigenvalue weighted by Gasteiger charge is 2.19. The minimum atomic E-state index is -0.268. The Hall–Kier alpha value is -0.650. The molecule has 5 nitrogen and oxygen atoms in total. The summed E-state index contributed by atoms with van der Waals surface area (Å²) in [5, 5.41) is 12.3. The smallest absolute Gasteiger partial charge is 0.234 e. The van der Waals surface area contributed by atoms with E-state index in [1.807, 2.05) is 4.90 Å². The molecule has 2 N–H and O–H groups in total. The van der Waals surface area contributed by atoms with E-state index in [0.29, 0.717) is 26.2 Å². The van der Waals surface area contributed by atoms with Crippen molar-refractivity contribution in [1.82, 2.24) is 10.2 Å². The van der Waals surface area contributed by atoms with Crippen LogP contribution in [0, 0.1) is 0 Å². The van der Waals surface area contributed by atoms with Crippen LogP contribution < -0.4 is 5.32 Å². The summed E-state index contributed by atoms with van der Waals surface area (Å²) in [7, 11) is 1.65. The molecule has 1 atom stereocenters. The molecule has 1 aliphatic rings. The van der Waals surface area contributed by atoms with Gasteiger partial charge in [0.15, 0.2) is 0 Å². The van der Waals surface area contributed by atoms with Crippen molar-refractivity contribution in [2.75, 3.05) is 39.9 Å². The van der Waals surface area contributed by atoms with E-state index in [0.717, 1.165) is 25.8 Å². The van der Waals surface area contributed by atoms with Crippen LogP contribution in [0.3, 0.4) is 0 Å². The highest BCUT2D eigenvalue weighted by molar-refractivity contribution is 5.77. The van der Waals surface area contributed by atoms with E-state index in [1.165, 1.54) is 0 Å². The molecule has 1 amide bonds. The van der Waals surface area contributed by atoms with Gasteiger partial charge in [-0.2, -0.15) is 0 Å². The van der Waals surface area contributed by atoms with Gasteiger partial charge in [0.1, 0.15) is 0 Å². The molecule has 0 aromatic heterocycles. The maximum absolute atomic E-state index is 11.5. The lowest BCUT2D eigenvalue weighted by atomic mass is 10.1. The first-order chi connectivity index (χ1) is 7.72. The molecule has 1 rings (SSSR count).